The maximum Gasteiger partial charge on any atom is 0.345 e. The first-order valence-corrected chi connectivity index (χ1v) is 9.26. The summed E-state index contributed by atoms with van der Waals surface area (Å²) in [6, 6.07) is 18.1. The van der Waals surface area contributed by atoms with E-state index >= 15 is 0 Å². The summed E-state index contributed by atoms with van der Waals surface area (Å²) in [5.74, 6) is 0.0374. The highest BCUT2D eigenvalue weighted by atomic mass is 79.9. The van der Waals surface area contributed by atoms with Crippen LogP contribution in [0.15, 0.2) is 78.5 Å². The topological polar surface area (TPSA) is 51.0 Å². The third-order valence-electron chi connectivity index (χ3n) is 2.96. The van der Waals surface area contributed by atoms with E-state index in [0.29, 0.717) is 17.0 Å². The number of rotatable bonds is 4. The summed E-state index contributed by atoms with van der Waals surface area (Å²) in [6.07, 6.45) is 0. The van der Waals surface area contributed by atoms with Crippen molar-refractivity contribution in [1.29, 1.82) is 0 Å². The molecule has 0 amide bonds. The smallest absolute Gasteiger partial charge is 0.345 e. The van der Waals surface area contributed by atoms with Crippen molar-refractivity contribution >= 4 is 60.5 Å². The molecule has 0 saturated heterocycles. The van der Waals surface area contributed by atoms with Gasteiger partial charge in [-0.1, -0.05) is 18.2 Å². The Morgan fingerprint density at radius 2 is 1.54 bits per heavy atom. The lowest BCUT2D eigenvalue weighted by molar-refractivity contribution is 0.0734. The number of carbonyl (C=O) groups excluding carboxylic acids is 1. The molecule has 120 valence electrons. The van der Waals surface area contributed by atoms with Crippen molar-refractivity contribution in [2.24, 2.45) is 10.2 Å². The van der Waals surface area contributed by atoms with Gasteiger partial charge in [0.1, 0.15) is 5.75 Å². The molecular formula is C17H10Br2N2O2S. The van der Waals surface area contributed by atoms with E-state index in [4.69, 9.17) is 4.74 Å². The number of nitrogens with zero attached hydrogens (tertiary/aromatic N) is 2. The fourth-order valence-corrected chi connectivity index (χ4v) is 4.60. The zero-order chi connectivity index (χ0) is 16.9. The Labute approximate surface area is 159 Å². The van der Waals surface area contributed by atoms with Crippen molar-refractivity contribution in [3.63, 3.8) is 0 Å². The molecule has 1 heterocycles. The summed E-state index contributed by atoms with van der Waals surface area (Å²) in [6.45, 7) is 0. The van der Waals surface area contributed by atoms with E-state index in [9.17, 15) is 4.79 Å². The molecule has 0 aliphatic rings. The van der Waals surface area contributed by atoms with Crippen LogP contribution in [0.5, 0.6) is 5.75 Å². The highest BCUT2D eigenvalue weighted by Crippen LogP contribution is 2.32. The minimum absolute atomic E-state index is 0.414. The second-order valence-electron chi connectivity index (χ2n) is 4.66. The van der Waals surface area contributed by atoms with E-state index < -0.39 is 5.97 Å². The van der Waals surface area contributed by atoms with Crippen LogP contribution < -0.4 is 4.74 Å². The molecule has 0 atom stereocenters. The van der Waals surface area contributed by atoms with Crippen LogP contribution in [-0.2, 0) is 0 Å². The maximum atomic E-state index is 12.1. The Hall–Kier alpha value is -1.83. The summed E-state index contributed by atoms with van der Waals surface area (Å²) < 4.78 is 6.95. The Kier molecular flexibility index (Phi) is 5.55. The predicted molar refractivity (Wildman–Crippen MR) is 102 cm³/mol. The van der Waals surface area contributed by atoms with Gasteiger partial charge in [0.05, 0.1) is 24.5 Å². The number of benzene rings is 2. The molecule has 3 aromatic rings. The van der Waals surface area contributed by atoms with E-state index in [0.717, 1.165) is 13.3 Å². The van der Waals surface area contributed by atoms with Gasteiger partial charge >= 0.3 is 5.97 Å². The summed E-state index contributed by atoms with van der Waals surface area (Å²) in [5.41, 5.74) is 1.94. The van der Waals surface area contributed by atoms with Crippen LogP contribution in [0.2, 0.25) is 0 Å². The molecule has 2 aromatic carbocycles. The molecule has 7 heteroatoms. The standard InChI is InChI=1S/C17H10Br2N2O2S/c18-15-10-14(16(19)24-15)17(22)23-13-8-6-12(7-9-13)21-20-11-4-2-1-3-5-11/h1-10H. The molecule has 0 radical (unpaired) electrons. The second kappa shape index (κ2) is 7.83. The van der Waals surface area contributed by atoms with Crippen LogP contribution in [-0.4, -0.2) is 5.97 Å². The van der Waals surface area contributed by atoms with Gasteiger partial charge in [-0.2, -0.15) is 10.2 Å². The van der Waals surface area contributed by atoms with Crippen LogP contribution in [0.1, 0.15) is 10.4 Å². The molecule has 4 nitrogen and oxygen atoms in total. The molecule has 1 aromatic heterocycles. The Balaban J connectivity index is 1.67. The first-order valence-electron chi connectivity index (χ1n) is 6.86. The maximum absolute atomic E-state index is 12.1. The minimum Gasteiger partial charge on any atom is -0.423 e. The van der Waals surface area contributed by atoms with Gasteiger partial charge in [-0.3, -0.25) is 0 Å². The molecule has 0 N–H and O–H groups in total. The highest BCUT2D eigenvalue weighted by molar-refractivity contribution is 9.12. The van der Waals surface area contributed by atoms with E-state index in [1.807, 2.05) is 30.3 Å². The zero-order valence-corrected chi connectivity index (χ0v) is 16.1. The summed E-state index contributed by atoms with van der Waals surface area (Å²) in [4.78, 5) is 12.1. The minimum atomic E-state index is -0.414. The molecule has 0 spiro atoms. The third kappa shape index (κ3) is 4.37. The molecule has 0 aliphatic heterocycles. The first kappa shape index (κ1) is 17.0. The third-order valence-corrected chi connectivity index (χ3v) is 5.30. The molecule has 3 rings (SSSR count). The Morgan fingerprint density at radius 3 is 2.12 bits per heavy atom. The van der Waals surface area contributed by atoms with Crippen molar-refractivity contribution in [2.45, 2.75) is 0 Å². The first-order chi connectivity index (χ1) is 11.6. The number of halogens is 2. The van der Waals surface area contributed by atoms with Crippen LogP contribution in [0.3, 0.4) is 0 Å². The van der Waals surface area contributed by atoms with Crippen molar-refractivity contribution in [3.8, 4) is 5.75 Å². The van der Waals surface area contributed by atoms with E-state index in [-0.39, 0.29) is 0 Å². The van der Waals surface area contributed by atoms with Crippen molar-refractivity contribution in [1.82, 2.24) is 0 Å². The lowest BCUT2D eigenvalue weighted by Crippen LogP contribution is -2.07. The number of esters is 1. The Morgan fingerprint density at radius 1 is 0.917 bits per heavy atom. The number of ether oxygens (including phenoxy) is 1. The SMILES string of the molecule is O=C(Oc1ccc(N=Nc2ccccc2)cc1)c1cc(Br)sc1Br. The molecule has 0 saturated carbocycles. The quantitative estimate of drug-likeness (QED) is 0.239. The van der Waals surface area contributed by atoms with Crippen molar-refractivity contribution < 1.29 is 9.53 Å². The van der Waals surface area contributed by atoms with Gasteiger partial charge in [0.2, 0.25) is 0 Å². The zero-order valence-electron chi connectivity index (χ0n) is 12.1. The summed E-state index contributed by atoms with van der Waals surface area (Å²) in [7, 11) is 0. The number of carbonyl (C=O) groups is 1. The van der Waals surface area contributed by atoms with Gasteiger partial charge in [-0.25, -0.2) is 4.79 Å². The van der Waals surface area contributed by atoms with Crippen LogP contribution >= 0.6 is 43.2 Å². The highest BCUT2D eigenvalue weighted by Gasteiger charge is 2.15. The molecule has 0 fully saturated rings. The number of hydrogen-bond acceptors (Lipinski definition) is 5. The fourth-order valence-electron chi connectivity index (χ4n) is 1.83. The lowest BCUT2D eigenvalue weighted by atomic mass is 10.3. The van der Waals surface area contributed by atoms with E-state index in [1.54, 1.807) is 30.3 Å². The van der Waals surface area contributed by atoms with Gasteiger partial charge in [0, 0.05) is 0 Å². The second-order valence-corrected chi connectivity index (χ2v) is 8.41. The van der Waals surface area contributed by atoms with Gasteiger partial charge in [-0.15, -0.1) is 11.3 Å². The molecule has 24 heavy (non-hydrogen) atoms. The van der Waals surface area contributed by atoms with E-state index in [1.165, 1.54) is 11.3 Å². The molecule has 0 bridgehead atoms. The number of azo groups is 1. The van der Waals surface area contributed by atoms with Gasteiger partial charge in [0.15, 0.2) is 0 Å². The number of thiophene rings is 1. The van der Waals surface area contributed by atoms with Gasteiger partial charge in [-0.05, 0) is 74.3 Å². The van der Waals surface area contributed by atoms with Crippen molar-refractivity contribution in [2.75, 3.05) is 0 Å². The Bertz CT molecular complexity index is 877. The normalized spacial score (nSPS) is 10.9. The summed E-state index contributed by atoms with van der Waals surface area (Å²) >= 11 is 8.11. The molecule has 0 aliphatic carbocycles. The number of hydrogen-bond donors (Lipinski definition) is 0. The van der Waals surface area contributed by atoms with E-state index in [2.05, 4.69) is 42.1 Å². The van der Waals surface area contributed by atoms with Gasteiger partial charge < -0.3 is 4.74 Å². The average Bonchev–Trinajstić information content (AvgIpc) is 2.94. The lowest BCUT2D eigenvalue weighted by Gasteiger charge is -2.03. The van der Waals surface area contributed by atoms with Crippen LogP contribution in [0.4, 0.5) is 11.4 Å². The van der Waals surface area contributed by atoms with Gasteiger partial charge in [0.25, 0.3) is 0 Å². The monoisotopic (exact) mass is 464 g/mol. The molecule has 0 unspecified atom stereocenters. The molecular weight excluding hydrogens is 456 g/mol. The fraction of sp³-hybridized carbons (Fsp3) is 0. The van der Waals surface area contributed by atoms with Crippen molar-refractivity contribution in [3.05, 3.63) is 73.8 Å². The average molecular weight is 466 g/mol. The predicted octanol–water partition coefficient (Wildman–Crippen LogP) is 6.91. The largest absolute Gasteiger partial charge is 0.423 e. The van der Waals surface area contributed by atoms with Crippen LogP contribution in [0, 0.1) is 0 Å². The van der Waals surface area contributed by atoms with Crippen LogP contribution in [0.25, 0.3) is 0 Å². The summed E-state index contributed by atoms with van der Waals surface area (Å²) in [5, 5.41) is 8.28.